The monoisotopic (exact) mass is 258 g/mol. The second kappa shape index (κ2) is 4.00. The molecule has 1 N–H and O–H groups in total. The molecule has 0 unspecified atom stereocenters. The molecular formula is C10H11BrO3. The maximum atomic E-state index is 11.3. The highest BCUT2D eigenvalue weighted by molar-refractivity contribution is 9.10. The number of carbonyl (C=O) groups excluding carboxylic acids is 1. The van der Waals surface area contributed by atoms with Crippen molar-refractivity contribution in [1.29, 1.82) is 0 Å². The van der Waals surface area contributed by atoms with E-state index in [1.807, 2.05) is 0 Å². The molecule has 4 heteroatoms. The quantitative estimate of drug-likeness (QED) is 0.830. The largest absolute Gasteiger partial charge is 0.504 e. The number of Topliss-reactive ketones (excluding diaryl/α,β-unsaturated/α-hetero) is 1. The van der Waals surface area contributed by atoms with Crippen LogP contribution in [0.4, 0.5) is 0 Å². The number of aryl methyl sites for hydroxylation is 1. The van der Waals surface area contributed by atoms with Crippen LogP contribution in [-0.4, -0.2) is 18.0 Å². The van der Waals surface area contributed by atoms with Crippen LogP contribution in [0.2, 0.25) is 0 Å². The Kier molecular flexibility index (Phi) is 3.16. The van der Waals surface area contributed by atoms with Crippen molar-refractivity contribution < 1.29 is 14.6 Å². The van der Waals surface area contributed by atoms with E-state index in [0.29, 0.717) is 15.8 Å². The molecule has 0 spiro atoms. The number of methoxy groups -OCH3 is 1. The molecule has 1 aromatic rings. The number of ketones is 1. The van der Waals surface area contributed by atoms with E-state index in [9.17, 15) is 9.90 Å². The van der Waals surface area contributed by atoms with Crippen LogP contribution in [0.3, 0.4) is 0 Å². The smallest absolute Gasteiger partial charge is 0.175 e. The Balaban J connectivity index is 3.52. The molecule has 0 bridgehead atoms. The summed E-state index contributed by atoms with van der Waals surface area (Å²) in [5.41, 5.74) is 1.27. The van der Waals surface area contributed by atoms with Gasteiger partial charge in [0.15, 0.2) is 17.3 Å². The first-order chi connectivity index (χ1) is 6.49. The molecule has 0 heterocycles. The molecule has 0 aliphatic rings. The summed E-state index contributed by atoms with van der Waals surface area (Å²) in [7, 11) is 1.44. The Morgan fingerprint density at radius 3 is 2.57 bits per heavy atom. The predicted octanol–water partition coefficient (Wildman–Crippen LogP) is 2.67. The van der Waals surface area contributed by atoms with Crippen molar-refractivity contribution in [3.05, 3.63) is 21.7 Å². The van der Waals surface area contributed by atoms with Crippen LogP contribution in [0.5, 0.6) is 11.5 Å². The summed E-state index contributed by atoms with van der Waals surface area (Å²) >= 11 is 3.24. The zero-order valence-corrected chi connectivity index (χ0v) is 9.81. The Morgan fingerprint density at radius 2 is 2.14 bits per heavy atom. The number of halogens is 1. The number of rotatable bonds is 2. The molecule has 0 atom stereocenters. The van der Waals surface area contributed by atoms with E-state index < -0.39 is 0 Å². The molecule has 1 rings (SSSR count). The first-order valence-electron chi connectivity index (χ1n) is 4.06. The molecule has 0 amide bonds. The van der Waals surface area contributed by atoms with Gasteiger partial charge in [0.1, 0.15) is 0 Å². The highest BCUT2D eigenvalue weighted by Crippen LogP contribution is 2.38. The molecule has 1 aromatic carbocycles. The molecular weight excluding hydrogens is 248 g/mol. The molecule has 0 saturated carbocycles. The van der Waals surface area contributed by atoms with Gasteiger partial charge in [0.25, 0.3) is 0 Å². The maximum Gasteiger partial charge on any atom is 0.175 e. The van der Waals surface area contributed by atoms with E-state index in [0.717, 1.165) is 5.56 Å². The van der Waals surface area contributed by atoms with Gasteiger partial charge in [-0.1, -0.05) is 0 Å². The van der Waals surface area contributed by atoms with Crippen LogP contribution in [-0.2, 0) is 0 Å². The average Bonchev–Trinajstić information content (AvgIpc) is 2.02. The van der Waals surface area contributed by atoms with Gasteiger partial charge >= 0.3 is 0 Å². The Bertz CT molecular complexity index is 385. The van der Waals surface area contributed by atoms with Crippen LogP contribution >= 0.6 is 15.9 Å². The van der Waals surface area contributed by atoms with Crippen LogP contribution in [0.1, 0.15) is 22.8 Å². The Labute approximate surface area is 90.8 Å². The number of ether oxygens (including phenoxy) is 1. The van der Waals surface area contributed by atoms with Crippen molar-refractivity contribution in [1.82, 2.24) is 0 Å². The third-order valence-corrected chi connectivity index (χ3v) is 2.71. The summed E-state index contributed by atoms with van der Waals surface area (Å²) in [4.78, 5) is 11.3. The summed E-state index contributed by atoms with van der Waals surface area (Å²) in [6, 6.07) is 1.51. The molecule has 0 saturated heterocycles. The topological polar surface area (TPSA) is 46.5 Å². The van der Waals surface area contributed by atoms with Crippen molar-refractivity contribution >= 4 is 21.7 Å². The van der Waals surface area contributed by atoms with Crippen LogP contribution in [0.25, 0.3) is 0 Å². The fourth-order valence-corrected chi connectivity index (χ4v) is 2.33. The first-order valence-corrected chi connectivity index (χ1v) is 4.85. The van der Waals surface area contributed by atoms with Crippen molar-refractivity contribution in [3.8, 4) is 11.5 Å². The molecule has 0 aliphatic carbocycles. The van der Waals surface area contributed by atoms with E-state index >= 15 is 0 Å². The lowest BCUT2D eigenvalue weighted by Crippen LogP contribution is -2.00. The Hall–Kier alpha value is -1.03. The lowest BCUT2D eigenvalue weighted by Gasteiger charge is -2.11. The van der Waals surface area contributed by atoms with E-state index in [4.69, 9.17) is 4.74 Å². The van der Waals surface area contributed by atoms with E-state index in [1.165, 1.54) is 20.1 Å². The van der Waals surface area contributed by atoms with Crippen LogP contribution in [0, 0.1) is 6.92 Å². The van der Waals surface area contributed by atoms with Crippen molar-refractivity contribution in [3.63, 3.8) is 0 Å². The summed E-state index contributed by atoms with van der Waals surface area (Å²) < 4.78 is 5.48. The summed E-state index contributed by atoms with van der Waals surface area (Å²) in [5.74, 6) is 0.260. The molecule has 76 valence electrons. The Morgan fingerprint density at radius 1 is 1.57 bits per heavy atom. The highest BCUT2D eigenvalue weighted by atomic mass is 79.9. The van der Waals surface area contributed by atoms with E-state index in [1.54, 1.807) is 6.92 Å². The molecule has 0 aliphatic heterocycles. The molecule has 3 nitrogen and oxygen atoms in total. The van der Waals surface area contributed by atoms with Gasteiger partial charge in [0.05, 0.1) is 11.6 Å². The van der Waals surface area contributed by atoms with Gasteiger partial charge in [0.2, 0.25) is 0 Å². The number of carbonyl (C=O) groups is 1. The number of benzene rings is 1. The number of phenols is 1. The van der Waals surface area contributed by atoms with Crippen molar-refractivity contribution in [2.45, 2.75) is 13.8 Å². The van der Waals surface area contributed by atoms with Gasteiger partial charge in [-0.15, -0.1) is 0 Å². The van der Waals surface area contributed by atoms with Gasteiger partial charge in [-0.2, -0.15) is 0 Å². The second-order valence-corrected chi connectivity index (χ2v) is 3.78. The fourth-order valence-electron chi connectivity index (χ4n) is 1.37. The highest BCUT2D eigenvalue weighted by Gasteiger charge is 2.17. The normalized spacial score (nSPS) is 10.0. The number of hydrogen-bond acceptors (Lipinski definition) is 3. The third-order valence-electron chi connectivity index (χ3n) is 1.96. The van der Waals surface area contributed by atoms with Gasteiger partial charge in [-0.3, -0.25) is 4.79 Å². The predicted molar refractivity (Wildman–Crippen MR) is 57.1 cm³/mol. The standard InChI is InChI=1S/C10H11BrO3/c1-5-4-7(13)10(14-3)9(11)8(5)6(2)12/h4,13H,1-3H3. The van der Waals surface area contributed by atoms with Gasteiger partial charge in [-0.05, 0) is 41.4 Å². The molecule has 0 radical (unpaired) electrons. The average molecular weight is 259 g/mol. The van der Waals surface area contributed by atoms with Gasteiger partial charge in [0, 0.05) is 5.56 Å². The minimum absolute atomic E-state index is 0.0295. The van der Waals surface area contributed by atoms with Crippen molar-refractivity contribution in [2.24, 2.45) is 0 Å². The number of aromatic hydroxyl groups is 1. The SMILES string of the molecule is COc1c(O)cc(C)c(C(C)=O)c1Br. The van der Waals surface area contributed by atoms with Crippen LogP contribution in [0.15, 0.2) is 10.5 Å². The summed E-state index contributed by atoms with van der Waals surface area (Å²) in [6.45, 7) is 3.24. The van der Waals surface area contributed by atoms with E-state index in [2.05, 4.69) is 15.9 Å². The first kappa shape index (κ1) is 11.0. The van der Waals surface area contributed by atoms with Gasteiger partial charge in [-0.25, -0.2) is 0 Å². The zero-order valence-electron chi connectivity index (χ0n) is 8.22. The fraction of sp³-hybridized carbons (Fsp3) is 0.300. The minimum Gasteiger partial charge on any atom is -0.504 e. The third kappa shape index (κ3) is 1.75. The number of phenolic OH excluding ortho intramolecular Hbond substituents is 1. The molecule has 0 aromatic heterocycles. The zero-order chi connectivity index (χ0) is 10.9. The second-order valence-electron chi connectivity index (χ2n) is 2.99. The molecule has 0 fully saturated rings. The van der Waals surface area contributed by atoms with Crippen LogP contribution < -0.4 is 4.74 Å². The molecule has 14 heavy (non-hydrogen) atoms. The summed E-state index contributed by atoms with van der Waals surface area (Å²) in [5, 5.41) is 9.51. The lowest BCUT2D eigenvalue weighted by molar-refractivity contribution is 0.101. The maximum absolute atomic E-state index is 11.3. The van der Waals surface area contributed by atoms with Gasteiger partial charge < -0.3 is 9.84 Å². The number of hydrogen-bond donors (Lipinski definition) is 1. The minimum atomic E-state index is -0.0623. The lowest BCUT2D eigenvalue weighted by atomic mass is 10.0. The van der Waals surface area contributed by atoms with E-state index in [-0.39, 0.29) is 11.5 Å². The van der Waals surface area contributed by atoms with Crippen molar-refractivity contribution in [2.75, 3.05) is 7.11 Å². The summed E-state index contributed by atoms with van der Waals surface area (Å²) in [6.07, 6.45) is 0.